The summed E-state index contributed by atoms with van der Waals surface area (Å²) in [5.41, 5.74) is 0.273. The van der Waals surface area contributed by atoms with Crippen LogP contribution in [0.3, 0.4) is 0 Å². The van der Waals surface area contributed by atoms with E-state index in [1.165, 1.54) is 18.2 Å². The Morgan fingerprint density at radius 2 is 2.00 bits per heavy atom. The molecule has 2 nitrogen and oxygen atoms in total. The van der Waals surface area contributed by atoms with Crippen LogP contribution in [0.2, 0.25) is 0 Å². The Kier molecular flexibility index (Phi) is 5.62. The third-order valence-electron chi connectivity index (χ3n) is 4.40. The molecule has 0 N–H and O–H groups in total. The number of ether oxygens (including phenoxy) is 1. The second kappa shape index (κ2) is 7.47. The summed E-state index contributed by atoms with van der Waals surface area (Å²) in [4.78, 5) is 0. The van der Waals surface area contributed by atoms with E-state index < -0.39 is 23.1 Å². The molecular weight excluding hydrogens is 303 g/mol. The van der Waals surface area contributed by atoms with Crippen molar-refractivity contribution in [3.05, 3.63) is 59.5 Å². The van der Waals surface area contributed by atoms with Crippen LogP contribution in [0.1, 0.15) is 37.2 Å². The average Bonchev–Trinajstić information content (AvgIpc) is 2.58. The quantitative estimate of drug-likeness (QED) is 0.581. The van der Waals surface area contributed by atoms with Crippen LogP contribution in [-0.2, 0) is 4.74 Å². The average molecular weight is 321 g/mol. The van der Waals surface area contributed by atoms with Crippen molar-refractivity contribution in [2.45, 2.75) is 37.2 Å². The normalized spacial score (nSPS) is 25.5. The topological polar surface area (TPSA) is 33.0 Å². The summed E-state index contributed by atoms with van der Waals surface area (Å²) in [6.07, 6.45) is 7.23. The van der Waals surface area contributed by atoms with Crippen molar-refractivity contribution in [1.82, 2.24) is 0 Å². The van der Waals surface area contributed by atoms with Crippen LogP contribution in [0.15, 0.2) is 42.3 Å². The Morgan fingerprint density at radius 1 is 1.30 bits per heavy atom. The van der Waals surface area contributed by atoms with Gasteiger partial charge in [-0.1, -0.05) is 18.2 Å². The maximum absolute atomic E-state index is 13.3. The van der Waals surface area contributed by atoms with Gasteiger partial charge in [-0.25, -0.2) is 8.78 Å². The molecular formula is C18H18F3NO. The van der Waals surface area contributed by atoms with Crippen LogP contribution in [-0.4, -0.2) is 12.7 Å². The maximum Gasteiger partial charge on any atom is 0.199 e. The second-order valence-electron chi connectivity index (χ2n) is 5.70. The summed E-state index contributed by atoms with van der Waals surface area (Å²) in [6, 6.07) is 5.42. The highest BCUT2D eigenvalue weighted by atomic mass is 19.2. The number of methoxy groups -OCH3 is 1. The predicted molar refractivity (Wildman–Crippen MR) is 81.3 cm³/mol. The monoisotopic (exact) mass is 321 g/mol. The number of nitrogens with zero attached hydrogens (tertiary/aromatic N) is 1. The van der Waals surface area contributed by atoms with Gasteiger partial charge in [-0.2, -0.15) is 9.65 Å². The van der Waals surface area contributed by atoms with Gasteiger partial charge in [-0.3, -0.25) is 0 Å². The van der Waals surface area contributed by atoms with E-state index >= 15 is 0 Å². The zero-order chi connectivity index (χ0) is 16.9. The summed E-state index contributed by atoms with van der Waals surface area (Å²) >= 11 is 0. The summed E-state index contributed by atoms with van der Waals surface area (Å²) in [7, 11) is 1.59. The summed E-state index contributed by atoms with van der Waals surface area (Å²) in [5, 5.41) is 8.38. The number of benzene rings is 1. The number of hydrogen-bond donors (Lipinski definition) is 0. The lowest BCUT2D eigenvalue weighted by atomic mass is 9.76. The highest BCUT2D eigenvalue weighted by molar-refractivity contribution is 5.25. The fourth-order valence-electron chi connectivity index (χ4n) is 2.99. The molecule has 1 saturated carbocycles. The first-order valence-electron chi connectivity index (χ1n) is 7.45. The predicted octanol–water partition coefficient (Wildman–Crippen LogP) is 4.94. The first kappa shape index (κ1) is 17.3. The number of allylic oxidation sites excluding steroid dienone is 3. The van der Waals surface area contributed by atoms with Crippen molar-refractivity contribution in [3.63, 3.8) is 0 Å². The van der Waals surface area contributed by atoms with E-state index in [9.17, 15) is 13.2 Å². The van der Waals surface area contributed by atoms with Crippen LogP contribution in [0.5, 0.6) is 0 Å². The summed E-state index contributed by atoms with van der Waals surface area (Å²) in [6.45, 7) is 0. The molecule has 1 fully saturated rings. The maximum atomic E-state index is 13.3. The molecule has 0 radical (unpaired) electrons. The smallest absolute Gasteiger partial charge is 0.199 e. The van der Waals surface area contributed by atoms with Crippen molar-refractivity contribution >= 4 is 0 Å². The molecule has 1 aliphatic rings. The summed E-state index contributed by atoms with van der Waals surface area (Å²) in [5.74, 6) is -2.38. The molecule has 0 spiro atoms. The standard InChI is InChI=1S/C18H18F3NO/c1-23-18(8-2-3-15(19)12-22)9-6-13(7-10-18)14-4-5-16(20)17(21)11-14/h2-5,8,11,13H,6-7,9-10H2,1H3. The van der Waals surface area contributed by atoms with E-state index in [4.69, 9.17) is 10.00 Å². The van der Waals surface area contributed by atoms with E-state index in [1.54, 1.807) is 19.3 Å². The second-order valence-corrected chi connectivity index (χ2v) is 5.70. The molecule has 0 atom stereocenters. The van der Waals surface area contributed by atoms with Gasteiger partial charge in [-0.05, 0) is 55.4 Å². The van der Waals surface area contributed by atoms with Crippen LogP contribution in [0.25, 0.3) is 0 Å². The third kappa shape index (κ3) is 4.23. The lowest BCUT2D eigenvalue weighted by Crippen LogP contribution is -2.33. The van der Waals surface area contributed by atoms with E-state index in [0.717, 1.165) is 30.5 Å². The molecule has 2 rings (SSSR count). The van der Waals surface area contributed by atoms with Crippen LogP contribution in [0.4, 0.5) is 13.2 Å². The fourth-order valence-corrected chi connectivity index (χ4v) is 2.99. The third-order valence-corrected chi connectivity index (χ3v) is 4.40. The Bertz CT molecular complexity index is 653. The number of nitriles is 1. The van der Waals surface area contributed by atoms with Crippen molar-refractivity contribution in [3.8, 4) is 6.07 Å². The van der Waals surface area contributed by atoms with Crippen molar-refractivity contribution in [1.29, 1.82) is 5.26 Å². The Labute approximate surface area is 133 Å². The Hall–Kier alpha value is -2.06. The molecule has 0 saturated heterocycles. The number of halogens is 3. The minimum atomic E-state index is -0.858. The van der Waals surface area contributed by atoms with Gasteiger partial charge in [-0.15, -0.1) is 0 Å². The van der Waals surface area contributed by atoms with Crippen molar-refractivity contribution in [2.75, 3.05) is 7.11 Å². The molecule has 0 aliphatic heterocycles. The fraction of sp³-hybridized carbons (Fsp3) is 0.389. The zero-order valence-electron chi connectivity index (χ0n) is 12.9. The minimum absolute atomic E-state index is 0.146. The van der Waals surface area contributed by atoms with Gasteiger partial charge in [0.15, 0.2) is 17.5 Å². The van der Waals surface area contributed by atoms with Gasteiger partial charge in [0.25, 0.3) is 0 Å². The van der Waals surface area contributed by atoms with E-state index in [0.29, 0.717) is 12.8 Å². The van der Waals surface area contributed by atoms with Gasteiger partial charge in [0.1, 0.15) is 6.07 Å². The van der Waals surface area contributed by atoms with Crippen LogP contribution in [0, 0.1) is 23.0 Å². The van der Waals surface area contributed by atoms with Crippen molar-refractivity contribution in [2.24, 2.45) is 0 Å². The molecule has 0 amide bonds. The molecule has 1 aromatic carbocycles. The van der Waals surface area contributed by atoms with Gasteiger partial charge in [0.05, 0.1) is 5.60 Å². The molecule has 1 aromatic rings. The molecule has 0 bridgehead atoms. The number of rotatable bonds is 4. The van der Waals surface area contributed by atoms with E-state index in [-0.39, 0.29) is 5.92 Å². The largest absolute Gasteiger partial charge is 0.374 e. The summed E-state index contributed by atoms with van der Waals surface area (Å²) < 4.78 is 44.7. The molecule has 0 heterocycles. The number of hydrogen-bond acceptors (Lipinski definition) is 2. The van der Waals surface area contributed by atoms with Crippen molar-refractivity contribution < 1.29 is 17.9 Å². The molecule has 122 valence electrons. The van der Waals surface area contributed by atoms with Gasteiger partial charge in [0.2, 0.25) is 0 Å². The molecule has 0 aromatic heterocycles. The van der Waals surface area contributed by atoms with Gasteiger partial charge >= 0.3 is 0 Å². The lowest BCUT2D eigenvalue weighted by molar-refractivity contribution is -0.00222. The highest BCUT2D eigenvalue weighted by Crippen LogP contribution is 2.40. The van der Waals surface area contributed by atoms with Crippen LogP contribution >= 0.6 is 0 Å². The molecule has 5 heteroatoms. The molecule has 0 unspecified atom stereocenters. The van der Waals surface area contributed by atoms with Crippen LogP contribution < -0.4 is 0 Å². The first-order valence-corrected chi connectivity index (χ1v) is 7.45. The van der Waals surface area contributed by atoms with E-state index in [1.807, 2.05) is 0 Å². The molecule has 23 heavy (non-hydrogen) atoms. The lowest BCUT2D eigenvalue weighted by Gasteiger charge is -2.37. The SMILES string of the molecule is COC1(C=CC=C(F)C#N)CCC(c2ccc(F)c(F)c2)CC1. The zero-order valence-corrected chi connectivity index (χ0v) is 12.9. The van der Waals surface area contributed by atoms with Gasteiger partial charge < -0.3 is 4.74 Å². The first-order chi connectivity index (χ1) is 11.0. The minimum Gasteiger partial charge on any atom is -0.374 e. The van der Waals surface area contributed by atoms with E-state index in [2.05, 4.69) is 0 Å². The Balaban J connectivity index is 2.06. The highest BCUT2D eigenvalue weighted by Gasteiger charge is 2.33. The Morgan fingerprint density at radius 3 is 2.57 bits per heavy atom. The van der Waals surface area contributed by atoms with Gasteiger partial charge in [0, 0.05) is 7.11 Å². The molecule has 1 aliphatic carbocycles.